The average Bonchev–Trinajstić information content (AvgIpc) is 2.46. The van der Waals surface area contributed by atoms with Gasteiger partial charge in [-0.15, -0.1) is 11.8 Å². The number of hydrogen-bond acceptors (Lipinski definition) is 3. The van der Waals surface area contributed by atoms with Crippen molar-refractivity contribution in [3.63, 3.8) is 0 Å². The molecule has 0 spiro atoms. The van der Waals surface area contributed by atoms with Crippen LogP contribution in [-0.4, -0.2) is 40.2 Å². The summed E-state index contributed by atoms with van der Waals surface area (Å²) in [5.74, 6) is -0.856. The van der Waals surface area contributed by atoms with E-state index in [9.17, 15) is 9.59 Å². The molecule has 0 aliphatic heterocycles. The number of nitrogens with zero attached hydrogens (tertiary/aromatic N) is 1. The van der Waals surface area contributed by atoms with E-state index in [1.54, 1.807) is 4.90 Å². The Labute approximate surface area is 124 Å². The van der Waals surface area contributed by atoms with Crippen LogP contribution in [0.25, 0.3) is 0 Å². The van der Waals surface area contributed by atoms with Gasteiger partial charge in [0.05, 0.1) is 11.7 Å². The number of hydrogen-bond donors (Lipinski definition) is 1. The lowest BCUT2D eigenvalue weighted by Crippen LogP contribution is -2.38. The minimum atomic E-state index is -0.875. The molecule has 0 aliphatic carbocycles. The summed E-state index contributed by atoms with van der Waals surface area (Å²) in [6.45, 7) is 4.66. The van der Waals surface area contributed by atoms with E-state index in [2.05, 4.69) is 0 Å². The smallest absolute Gasteiger partial charge is 0.305 e. The molecular formula is C15H21NO3S. The maximum atomic E-state index is 12.4. The number of carboxylic acid groups (broad SMARTS) is 1. The summed E-state index contributed by atoms with van der Waals surface area (Å²) in [4.78, 5) is 25.7. The number of amides is 1. The second kappa shape index (κ2) is 8.64. The number of benzene rings is 1. The lowest BCUT2D eigenvalue weighted by atomic mass is 10.2. The summed E-state index contributed by atoms with van der Waals surface area (Å²) in [7, 11) is 0. The maximum absolute atomic E-state index is 12.4. The molecule has 20 heavy (non-hydrogen) atoms. The molecule has 0 aromatic heterocycles. The van der Waals surface area contributed by atoms with Crippen LogP contribution in [0.1, 0.15) is 26.7 Å². The maximum Gasteiger partial charge on any atom is 0.305 e. The lowest BCUT2D eigenvalue weighted by molar-refractivity contribution is -0.138. The van der Waals surface area contributed by atoms with Crippen LogP contribution >= 0.6 is 11.8 Å². The van der Waals surface area contributed by atoms with Crippen LogP contribution in [0, 0.1) is 0 Å². The van der Waals surface area contributed by atoms with Gasteiger partial charge in [0.25, 0.3) is 0 Å². The highest BCUT2D eigenvalue weighted by atomic mass is 32.2. The first-order chi connectivity index (χ1) is 9.58. The van der Waals surface area contributed by atoms with Crippen LogP contribution in [-0.2, 0) is 9.59 Å². The highest BCUT2D eigenvalue weighted by molar-refractivity contribution is 8.00. The average molecular weight is 295 g/mol. The minimum Gasteiger partial charge on any atom is -0.481 e. The SMILES string of the molecule is CCC(Sc1ccccc1)C(=O)N(CC)CCC(=O)O. The quantitative estimate of drug-likeness (QED) is 0.749. The normalized spacial score (nSPS) is 11.9. The Morgan fingerprint density at radius 2 is 1.90 bits per heavy atom. The number of thioether (sulfide) groups is 1. The molecule has 0 aliphatic rings. The van der Waals surface area contributed by atoms with Crippen LogP contribution in [0.5, 0.6) is 0 Å². The Hall–Kier alpha value is -1.49. The van der Waals surface area contributed by atoms with Crippen molar-refractivity contribution in [2.24, 2.45) is 0 Å². The molecule has 1 amide bonds. The van der Waals surface area contributed by atoms with Gasteiger partial charge in [-0.05, 0) is 25.5 Å². The molecule has 0 saturated carbocycles. The van der Waals surface area contributed by atoms with Crippen molar-refractivity contribution in [3.8, 4) is 0 Å². The summed E-state index contributed by atoms with van der Waals surface area (Å²) in [6, 6.07) is 9.80. The Morgan fingerprint density at radius 1 is 1.25 bits per heavy atom. The fourth-order valence-corrected chi connectivity index (χ4v) is 2.89. The zero-order valence-electron chi connectivity index (χ0n) is 11.9. The standard InChI is InChI=1S/C15H21NO3S/c1-3-13(20-12-8-6-5-7-9-12)15(19)16(4-2)11-10-14(17)18/h5-9,13H,3-4,10-11H2,1-2H3,(H,17,18). The van der Waals surface area contributed by atoms with Gasteiger partial charge in [0.15, 0.2) is 0 Å². The van der Waals surface area contributed by atoms with E-state index in [0.717, 1.165) is 11.3 Å². The summed E-state index contributed by atoms with van der Waals surface area (Å²) in [5.41, 5.74) is 0. The zero-order valence-corrected chi connectivity index (χ0v) is 12.7. The first-order valence-corrected chi connectivity index (χ1v) is 7.68. The predicted octanol–water partition coefficient (Wildman–Crippen LogP) is 2.88. The second-order valence-electron chi connectivity index (χ2n) is 4.39. The fourth-order valence-electron chi connectivity index (χ4n) is 1.83. The molecule has 0 radical (unpaired) electrons. The van der Waals surface area contributed by atoms with E-state index in [1.165, 1.54) is 11.8 Å². The molecule has 1 aromatic carbocycles. The number of carbonyl (C=O) groups is 2. The Kier molecular flexibility index (Phi) is 7.15. The molecule has 1 atom stereocenters. The fraction of sp³-hybridized carbons (Fsp3) is 0.467. The first-order valence-electron chi connectivity index (χ1n) is 6.80. The molecule has 4 nitrogen and oxygen atoms in total. The predicted molar refractivity (Wildman–Crippen MR) is 80.9 cm³/mol. The van der Waals surface area contributed by atoms with E-state index in [1.807, 2.05) is 44.2 Å². The van der Waals surface area contributed by atoms with Crippen LogP contribution in [0.15, 0.2) is 35.2 Å². The zero-order chi connectivity index (χ0) is 15.0. The summed E-state index contributed by atoms with van der Waals surface area (Å²) in [5, 5.41) is 8.57. The van der Waals surface area contributed by atoms with Gasteiger partial charge >= 0.3 is 5.97 Å². The van der Waals surface area contributed by atoms with Crippen molar-refractivity contribution in [1.82, 2.24) is 4.90 Å². The van der Waals surface area contributed by atoms with Gasteiger partial charge in [-0.1, -0.05) is 25.1 Å². The molecule has 0 saturated heterocycles. The molecule has 1 N–H and O–H groups in total. The third-order valence-corrected chi connectivity index (χ3v) is 4.32. The van der Waals surface area contributed by atoms with Gasteiger partial charge in [0.2, 0.25) is 5.91 Å². The van der Waals surface area contributed by atoms with Gasteiger partial charge in [-0.3, -0.25) is 9.59 Å². The minimum absolute atomic E-state index is 0.00792. The van der Waals surface area contributed by atoms with Crippen molar-refractivity contribution >= 4 is 23.6 Å². The van der Waals surface area contributed by atoms with Gasteiger partial charge in [0, 0.05) is 18.0 Å². The van der Waals surface area contributed by atoms with Crippen LogP contribution in [0.2, 0.25) is 0 Å². The highest BCUT2D eigenvalue weighted by Gasteiger charge is 2.23. The Bertz CT molecular complexity index is 436. The molecule has 5 heteroatoms. The van der Waals surface area contributed by atoms with Crippen LogP contribution in [0.3, 0.4) is 0 Å². The van der Waals surface area contributed by atoms with E-state index < -0.39 is 5.97 Å². The van der Waals surface area contributed by atoms with Gasteiger partial charge in [-0.25, -0.2) is 0 Å². The van der Waals surface area contributed by atoms with Crippen LogP contribution < -0.4 is 0 Å². The number of carbonyl (C=O) groups excluding carboxylic acids is 1. The van der Waals surface area contributed by atoms with Gasteiger partial charge in [0.1, 0.15) is 0 Å². The van der Waals surface area contributed by atoms with Crippen molar-refractivity contribution in [2.75, 3.05) is 13.1 Å². The topological polar surface area (TPSA) is 57.6 Å². The largest absolute Gasteiger partial charge is 0.481 e. The Morgan fingerprint density at radius 3 is 2.40 bits per heavy atom. The molecule has 0 heterocycles. The Balaban J connectivity index is 2.66. The third kappa shape index (κ3) is 5.25. The second-order valence-corrected chi connectivity index (χ2v) is 5.67. The number of carboxylic acids is 1. The first kappa shape index (κ1) is 16.6. The van der Waals surface area contributed by atoms with Crippen LogP contribution in [0.4, 0.5) is 0 Å². The van der Waals surface area contributed by atoms with Crippen molar-refractivity contribution in [2.45, 2.75) is 36.8 Å². The van der Waals surface area contributed by atoms with E-state index in [-0.39, 0.29) is 24.1 Å². The molecule has 1 aromatic rings. The molecule has 110 valence electrons. The van der Waals surface area contributed by atoms with Gasteiger partial charge < -0.3 is 10.0 Å². The summed E-state index contributed by atoms with van der Waals surface area (Å²) in [6.07, 6.45) is 0.716. The lowest BCUT2D eigenvalue weighted by Gasteiger charge is -2.25. The molecule has 1 rings (SSSR count). The number of aliphatic carboxylic acids is 1. The van der Waals surface area contributed by atoms with E-state index in [0.29, 0.717) is 6.54 Å². The van der Waals surface area contributed by atoms with Crippen molar-refractivity contribution in [1.29, 1.82) is 0 Å². The summed E-state index contributed by atoms with van der Waals surface area (Å²) < 4.78 is 0. The number of rotatable bonds is 8. The molecule has 0 bridgehead atoms. The summed E-state index contributed by atoms with van der Waals surface area (Å²) >= 11 is 1.54. The molecule has 0 fully saturated rings. The highest BCUT2D eigenvalue weighted by Crippen LogP contribution is 2.26. The third-order valence-electron chi connectivity index (χ3n) is 2.96. The van der Waals surface area contributed by atoms with Gasteiger partial charge in [-0.2, -0.15) is 0 Å². The van der Waals surface area contributed by atoms with E-state index in [4.69, 9.17) is 5.11 Å². The molecular weight excluding hydrogens is 274 g/mol. The van der Waals surface area contributed by atoms with Crippen molar-refractivity contribution in [3.05, 3.63) is 30.3 Å². The molecule has 1 unspecified atom stereocenters. The monoisotopic (exact) mass is 295 g/mol. The van der Waals surface area contributed by atoms with Crippen molar-refractivity contribution < 1.29 is 14.7 Å². The van der Waals surface area contributed by atoms with E-state index >= 15 is 0 Å².